The van der Waals surface area contributed by atoms with E-state index in [1.54, 1.807) is 11.9 Å². The van der Waals surface area contributed by atoms with Crippen LogP contribution < -0.4 is 15.5 Å². The third kappa shape index (κ3) is 3.31. The number of amides is 2. The van der Waals surface area contributed by atoms with Crippen LogP contribution in [0.1, 0.15) is 34.3 Å². The zero-order valence-electron chi connectivity index (χ0n) is 15.4. The van der Waals surface area contributed by atoms with Crippen molar-refractivity contribution in [3.05, 3.63) is 28.8 Å². The Morgan fingerprint density at radius 3 is 2.73 bits per heavy atom. The second-order valence-corrected chi connectivity index (χ2v) is 6.78. The molecule has 0 saturated carbocycles. The Hall–Kier alpha value is -2.41. The minimum absolute atomic E-state index is 0.130. The van der Waals surface area contributed by atoms with Gasteiger partial charge >= 0.3 is 0 Å². The number of carbonyl (C=O) groups is 3. The lowest BCUT2D eigenvalue weighted by Crippen LogP contribution is -2.46. The van der Waals surface area contributed by atoms with Gasteiger partial charge in [-0.1, -0.05) is 0 Å². The zero-order valence-corrected chi connectivity index (χ0v) is 15.4. The first-order valence-electron chi connectivity index (χ1n) is 9.12. The van der Waals surface area contributed by atoms with Crippen LogP contribution in [0.5, 0.6) is 0 Å². The summed E-state index contributed by atoms with van der Waals surface area (Å²) < 4.78 is 0. The molecule has 2 aliphatic heterocycles. The molecule has 2 heterocycles. The third-order valence-electron chi connectivity index (χ3n) is 5.33. The summed E-state index contributed by atoms with van der Waals surface area (Å²) in [5.74, 6) is -0.359. The Kier molecular flexibility index (Phi) is 5.56. The van der Waals surface area contributed by atoms with Crippen LogP contribution in [-0.4, -0.2) is 62.3 Å². The van der Waals surface area contributed by atoms with Crippen LogP contribution in [-0.2, 0) is 16.1 Å². The molecular formula is C19H26N4O3. The molecule has 1 aromatic carbocycles. The normalized spacial score (nSPS) is 17.8. The Morgan fingerprint density at radius 1 is 1.35 bits per heavy atom. The van der Waals surface area contributed by atoms with E-state index in [2.05, 4.69) is 15.5 Å². The molecule has 1 unspecified atom stereocenters. The smallest absolute Gasteiger partial charge is 0.255 e. The number of benzene rings is 1. The second kappa shape index (κ2) is 7.86. The van der Waals surface area contributed by atoms with Crippen LogP contribution in [0.2, 0.25) is 0 Å². The highest BCUT2D eigenvalue weighted by atomic mass is 16.2. The lowest BCUT2D eigenvalue weighted by Gasteiger charge is -2.31. The Balaban J connectivity index is 1.88. The van der Waals surface area contributed by atoms with Gasteiger partial charge in [-0.25, -0.2) is 0 Å². The summed E-state index contributed by atoms with van der Waals surface area (Å²) in [6, 6.07) is 3.27. The van der Waals surface area contributed by atoms with Crippen LogP contribution in [0.4, 0.5) is 5.69 Å². The molecule has 0 aliphatic carbocycles. The van der Waals surface area contributed by atoms with Gasteiger partial charge in [0.2, 0.25) is 5.91 Å². The fourth-order valence-electron chi connectivity index (χ4n) is 3.87. The molecule has 2 N–H and O–H groups in total. The first-order valence-corrected chi connectivity index (χ1v) is 9.12. The molecule has 0 radical (unpaired) electrons. The quantitative estimate of drug-likeness (QED) is 0.722. The van der Waals surface area contributed by atoms with Gasteiger partial charge in [0.05, 0.1) is 0 Å². The number of anilines is 1. The van der Waals surface area contributed by atoms with E-state index >= 15 is 0 Å². The van der Waals surface area contributed by atoms with E-state index in [0.29, 0.717) is 18.5 Å². The van der Waals surface area contributed by atoms with Gasteiger partial charge in [0.25, 0.3) is 5.91 Å². The lowest BCUT2D eigenvalue weighted by atomic mass is 10.0. The number of piperazine rings is 1. The van der Waals surface area contributed by atoms with E-state index in [0.717, 1.165) is 49.3 Å². The number of hydrogen-bond acceptors (Lipinski definition) is 5. The Bertz CT molecular complexity index is 713. The predicted octanol–water partition coefficient (Wildman–Crippen LogP) is 0.454. The van der Waals surface area contributed by atoms with E-state index in [1.807, 2.05) is 19.1 Å². The van der Waals surface area contributed by atoms with Gasteiger partial charge in [-0.3, -0.25) is 9.59 Å². The van der Waals surface area contributed by atoms with Gasteiger partial charge in [0.1, 0.15) is 12.3 Å². The third-order valence-corrected chi connectivity index (χ3v) is 5.33. The van der Waals surface area contributed by atoms with Gasteiger partial charge in [0.15, 0.2) is 0 Å². The van der Waals surface area contributed by atoms with E-state index in [4.69, 9.17) is 0 Å². The minimum Gasteiger partial charge on any atom is -0.369 e. The minimum atomic E-state index is -0.618. The molecule has 7 nitrogen and oxygen atoms in total. The SMILES string of the molecule is CNC(=O)C(CCC=O)N1Cc2c(ccc(N3CCNCC3)c2C)C1=O. The maximum absolute atomic E-state index is 12.9. The van der Waals surface area contributed by atoms with Crippen LogP contribution in [0.15, 0.2) is 12.1 Å². The molecule has 1 aromatic rings. The number of nitrogens with zero attached hydrogens (tertiary/aromatic N) is 2. The molecule has 0 aromatic heterocycles. The highest BCUT2D eigenvalue weighted by Crippen LogP contribution is 2.34. The van der Waals surface area contributed by atoms with Gasteiger partial charge < -0.3 is 25.2 Å². The molecule has 1 saturated heterocycles. The highest BCUT2D eigenvalue weighted by Gasteiger charge is 2.37. The van der Waals surface area contributed by atoms with Crippen molar-refractivity contribution in [3.8, 4) is 0 Å². The molecular weight excluding hydrogens is 332 g/mol. The van der Waals surface area contributed by atoms with E-state index < -0.39 is 6.04 Å². The van der Waals surface area contributed by atoms with Gasteiger partial charge in [-0.15, -0.1) is 0 Å². The number of rotatable bonds is 6. The van der Waals surface area contributed by atoms with Crippen molar-refractivity contribution in [2.24, 2.45) is 0 Å². The predicted molar refractivity (Wildman–Crippen MR) is 99.3 cm³/mol. The molecule has 1 atom stereocenters. The number of aldehydes is 1. The standard InChI is InChI=1S/C19H26N4O3/c1-13-15-12-23(17(4-3-11-24)18(25)20-2)19(26)14(15)5-6-16(13)22-9-7-21-8-10-22/h5-6,11,17,21H,3-4,7-10,12H2,1-2H3,(H,20,25). The first kappa shape index (κ1) is 18.4. The highest BCUT2D eigenvalue weighted by molar-refractivity contribution is 6.02. The molecule has 0 spiro atoms. The van der Waals surface area contributed by atoms with Crippen molar-refractivity contribution in [1.82, 2.24) is 15.5 Å². The lowest BCUT2D eigenvalue weighted by molar-refractivity contribution is -0.125. The summed E-state index contributed by atoms with van der Waals surface area (Å²) in [5, 5.41) is 5.96. The van der Waals surface area contributed by atoms with Crippen molar-refractivity contribution in [1.29, 1.82) is 0 Å². The molecule has 26 heavy (non-hydrogen) atoms. The fraction of sp³-hybridized carbons (Fsp3) is 0.526. The summed E-state index contributed by atoms with van der Waals surface area (Å²) in [6.07, 6.45) is 1.38. The maximum atomic E-state index is 12.9. The van der Waals surface area contributed by atoms with E-state index in [-0.39, 0.29) is 18.2 Å². The van der Waals surface area contributed by atoms with Gasteiger partial charge in [0, 0.05) is 57.4 Å². The molecule has 2 amide bonds. The summed E-state index contributed by atoms with van der Waals surface area (Å²) in [6.45, 7) is 6.25. The number of hydrogen-bond donors (Lipinski definition) is 2. The second-order valence-electron chi connectivity index (χ2n) is 6.78. The van der Waals surface area contributed by atoms with Crippen LogP contribution >= 0.6 is 0 Å². The fourth-order valence-corrected chi connectivity index (χ4v) is 3.87. The maximum Gasteiger partial charge on any atom is 0.255 e. The van der Waals surface area contributed by atoms with Crippen LogP contribution in [0.3, 0.4) is 0 Å². The van der Waals surface area contributed by atoms with E-state index in [1.165, 1.54) is 0 Å². The number of carbonyl (C=O) groups excluding carboxylic acids is 3. The van der Waals surface area contributed by atoms with Crippen molar-refractivity contribution in [2.45, 2.75) is 32.4 Å². The van der Waals surface area contributed by atoms with E-state index in [9.17, 15) is 14.4 Å². The average Bonchev–Trinajstić information content (AvgIpc) is 3.00. The average molecular weight is 358 g/mol. The van der Waals surface area contributed by atoms with Crippen molar-refractivity contribution >= 4 is 23.8 Å². The number of nitrogens with one attached hydrogen (secondary N) is 2. The topological polar surface area (TPSA) is 81.8 Å². The van der Waals surface area contributed by atoms with Gasteiger partial charge in [-0.05, 0) is 36.6 Å². The molecule has 140 valence electrons. The van der Waals surface area contributed by atoms with Crippen LogP contribution in [0, 0.1) is 6.92 Å². The molecule has 0 bridgehead atoms. The molecule has 2 aliphatic rings. The van der Waals surface area contributed by atoms with Crippen molar-refractivity contribution < 1.29 is 14.4 Å². The Morgan fingerprint density at radius 2 is 2.08 bits per heavy atom. The molecule has 1 fully saturated rings. The summed E-state index contributed by atoms with van der Waals surface area (Å²) in [4.78, 5) is 39.9. The summed E-state index contributed by atoms with van der Waals surface area (Å²) >= 11 is 0. The summed E-state index contributed by atoms with van der Waals surface area (Å²) in [7, 11) is 1.55. The zero-order chi connectivity index (χ0) is 18.7. The van der Waals surface area contributed by atoms with Crippen LogP contribution in [0.25, 0.3) is 0 Å². The van der Waals surface area contributed by atoms with Crippen molar-refractivity contribution in [2.75, 3.05) is 38.1 Å². The molecule has 3 rings (SSSR count). The largest absolute Gasteiger partial charge is 0.369 e. The van der Waals surface area contributed by atoms with Crippen molar-refractivity contribution in [3.63, 3.8) is 0 Å². The number of likely N-dealkylation sites (N-methyl/N-ethyl adjacent to an activating group) is 1. The Labute approximate surface area is 153 Å². The first-order chi connectivity index (χ1) is 12.6. The number of fused-ring (bicyclic) bond motifs is 1. The summed E-state index contributed by atoms with van der Waals surface area (Å²) in [5.41, 5.74) is 3.92. The monoisotopic (exact) mass is 358 g/mol. The van der Waals surface area contributed by atoms with Gasteiger partial charge in [-0.2, -0.15) is 0 Å². The molecule has 7 heteroatoms.